The third kappa shape index (κ3) is 5.35. The lowest BCUT2D eigenvalue weighted by molar-refractivity contribution is -0.120. The van der Waals surface area contributed by atoms with Gasteiger partial charge < -0.3 is 20.5 Å². The van der Waals surface area contributed by atoms with Crippen LogP contribution in [0.2, 0.25) is 0 Å². The van der Waals surface area contributed by atoms with E-state index < -0.39 is 11.7 Å². The number of nitrogens with zero attached hydrogens (tertiary/aromatic N) is 1. The SMILES string of the molecule is CCOc1cc(/C=C2\SC(=Nc3ccccc3F)NC2=O)ccc1OCC(N)=O. The summed E-state index contributed by atoms with van der Waals surface area (Å²) in [5.41, 5.74) is 5.93. The number of carbonyl (C=O) groups is 2. The molecule has 0 bridgehead atoms. The number of amides is 2. The topological polar surface area (TPSA) is 103 Å². The van der Waals surface area contributed by atoms with Gasteiger partial charge in [0.15, 0.2) is 23.3 Å². The van der Waals surface area contributed by atoms with Gasteiger partial charge in [-0.15, -0.1) is 0 Å². The second-order valence-corrected chi connectivity index (χ2v) is 6.86. The number of halogens is 1. The molecule has 0 atom stereocenters. The number of amidine groups is 1. The van der Waals surface area contributed by atoms with Crippen LogP contribution in [0.5, 0.6) is 11.5 Å². The van der Waals surface area contributed by atoms with Gasteiger partial charge in [0.25, 0.3) is 11.8 Å². The Morgan fingerprint density at radius 1 is 1.24 bits per heavy atom. The van der Waals surface area contributed by atoms with Gasteiger partial charge in [-0.3, -0.25) is 9.59 Å². The lowest BCUT2D eigenvalue weighted by Gasteiger charge is -2.11. The van der Waals surface area contributed by atoms with E-state index >= 15 is 0 Å². The average molecular weight is 415 g/mol. The molecule has 29 heavy (non-hydrogen) atoms. The lowest BCUT2D eigenvalue weighted by atomic mass is 10.2. The molecule has 3 N–H and O–H groups in total. The second-order valence-electron chi connectivity index (χ2n) is 5.83. The van der Waals surface area contributed by atoms with E-state index in [0.29, 0.717) is 28.6 Å². The summed E-state index contributed by atoms with van der Waals surface area (Å²) < 4.78 is 24.6. The average Bonchev–Trinajstić information content (AvgIpc) is 3.02. The molecule has 0 aliphatic carbocycles. The van der Waals surface area contributed by atoms with Crippen LogP contribution in [0.4, 0.5) is 10.1 Å². The van der Waals surface area contributed by atoms with Crippen molar-refractivity contribution in [3.8, 4) is 11.5 Å². The minimum Gasteiger partial charge on any atom is -0.490 e. The molecule has 2 amide bonds. The molecule has 2 aromatic rings. The monoisotopic (exact) mass is 415 g/mol. The standard InChI is InChI=1S/C20H18FN3O4S/c1-2-27-16-9-12(7-8-15(16)28-11-18(22)25)10-17-19(26)24-20(29-17)23-14-6-4-3-5-13(14)21/h3-10H,2,11H2,1H3,(H2,22,25)(H,23,24,26)/b17-10-. The molecule has 9 heteroatoms. The van der Waals surface area contributed by atoms with Gasteiger partial charge in [-0.05, 0) is 54.6 Å². The van der Waals surface area contributed by atoms with E-state index in [1.165, 1.54) is 12.1 Å². The summed E-state index contributed by atoms with van der Waals surface area (Å²) in [6, 6.07) is 11.1. The maximum absolute atomic E-state index is 13.8. The van der Waals surface area contributed by atoms with Gasteiger partial charge in [-0.25, -0.2) is 9.38 Å². The number of thioether (sulfide) groups is 1. The number of benzene rings is 2. The van der Waals surface area contributed by atoms with Crippen LogP contribution in [0.3, 0.4) is 0 Å². The quantitative estimate of drug-likeness (QED) is 0.677. The highest BCUT2D eigenvalue weighted by atomic mass is 32.2. The summed E-state index contributed by atoms with van der Waals surface area (Å²) in [7, 11) is 0. The normalized spacial score (nSPS) is 16.1. The highest BCUT2D eigenvalue weighted by molar-refractivity contribution is 8.18. The largest absolute Gasteiger partial charge is 0.490 e. The maximum atomic E-state index is 13.8. The number of carbonyl (C=O) groups excluding carboxylic acids is 2. The van der Waals surface area contributed by atoms with E-state index in [1.807, 2.05) is 6.92 Å². The number of primary amides is 1. The van der Waals surface area contributed by atoms with Crippen LogP contribution in [-0.2, 0) is 9.59 Å². The fraction of sp³-hybridized carbons (Fsp3) is 0.150. The first-order chi connectivity index (χ1) is 14.0. The van der Waals surface area contributed by atoms with Crippen molar-refractivity contribution in [1.29, 1.82) is 0 Å². The molecule has 1 aliphatic rings. The Morgan fingerprint density at radius 3 is 2.76 bits per heavy atom. The molecular formula is C20H18FN3O4S. The van der Waals surface area contributed by atoms with Crippen LogP contribution in [0.15, 0.2) is 52.4 Å². The fourth-order valence-electron chi connectivity index (χ4n) is 2.43. The predicted molar refractivity (Wildman–Crippen MR) is 110 cm³/mol. The van der Waals surface area contributed by atoms with Gasteiger partial charge >= 0.3 is 0 Å². The van der Waals surface area contributed by atoms with Crippen LogP contribution < -0.4 is 20.5 Å². The van der Waals surface area contributed by atoms with Gasteiger partial charge in [0, 0.05) is 0 Å². The van der Waals surface area contributed by atoms with E-state index in [2.05, 4.69) is 10.3 Å². The van der Waals surface area contributed by atoms with E-state index in [1.54, 1.807) is 36.4 Å². The van der Waals surface area contributed by atoms with Crippen molar-refractivity contribution >= 4 is 40.5 Å². The lowest BCUT2D eigenvalue weighted by Crippen LogP contribution is -2.20. The zero-order valence-corrected chi connectivity index (χ0v) is 16.3. The predicted octanol–water partition coefficient (Wildman–Crippen LogP) is 2.98. The van der Waals surface area contributed by atoms with Gasteiger partial charge in [-0.2, -0.15) is 0 Å². The number of hydrogen-bond donors (Lipinski definition) is 2. The Balaban J connectivity index is 1.82. The van der Waals surface area contributed by atoms with E-state index in [-0.39, 0.29) is 23.4 Å². The minimum atomic E-state index is -0.598. The van der Waals surface area contributed by atoms with Crippen molar-refractivity contribution in [2.24, 2.45) is 10.7 Å². The molecule has 0 radical (unpaired) electrons. The number of nitrogens with one attached hydrogen (secondary N) is 1. The Bertz CT molecular complexity index is 1010. The number of aliphatic imine (C=N–C) groups is 1. The summed E-state index contributed by atoms with van der Waals surface area (Å²) in [6.45, 7) is 1.94. The molecule has 0 spiro atoms. The first kappa shape index (κ1) is 20.4. The van der Waals surface area contributed by atoms with Crippen LogP contribution in [-0.4, -0.2) is 30.2 Å². The van der Waals surface area contributed by atoms with E-state index in [4.69, 9.17) is 15.2 Å². The molecule has 2 aromatic carbocycles. The number of nitrogens with two attached hydrogens (primary N) is 1. The van der Waals surface area contributed by atoms with Gasteiger partial charge in [0.2, 0.25) is 0 Å². The summed E-state index contributed by atoms with van der Waals surface area (Å²) >= 11 is 1.11. The minimum absolute atomic E-state index is 0.145. The van der Waals surface area contributed by atoms with E-state index in [9.17, 15) is 14.0 Å². The van der Waals surface area contributed by atoms with E-state index in [0.717, 1.165) is 11.8 Å². The van der Waals surface area contributed by atoms with Crippen molar-refractivity contribution in [3.63, 3.8) is 0 Å². The molecule has 7 nitrogen and oxygen atoms in total. The Kier molecular flexibility index (Phi) is 6.50. The number of para-hydroxylation sites is 1. The number of ether oxygens (including phenoxy) is 2. The summed E-state index contributed by atoms with van der Waals surface area (Å²) in [4.78, 5) is 27.7. The van der Waals surface area contributed by atoms with Crippen LogP contribution in [0, 0.1) is 5.82 Å². The third-order valence-electron chi connectivity index (χ3n) is 3.66. The second kappa shape index (κ2) is 9.24. The fourth-order valence-corrected chi connectivity index (χ4v) is 3.27. The molecule has 1 aliphatic heterocycles. The van der Waals surface area contributed by atoms with Crippen molar-refractivity contribution in [1.82, 2.24) is 5.32 Å². The molecule has 3 rings (SSSR count). The first-order valence-electron chi connectivity index (χ1n) is 8.68. The summed E-state index contributed by atoms with van der Waals surface area (Å²) in [5, 5.41) is 2.91. The summed E-state index contributed by atoms with van der Waals surface area (Å²) in [5.74, 6) is -0.610. The van der Waals surface area contributed by atoms with Crippen molar-refractivity contribution in [2.75, 3.05) is 13.2 Å². The Hall–Kier alpha value is -3.33. The molecule has 1 heterocycles. The molecule has 0 aromatic heterocycles. The van der Waals surface area contributed by atoms with Crippen LogP contribution in [0.1, 0.15) is 12.5 Å². The number of hydrogen-bond acceptors (Lipinski definition) is 6. The highest BCUT2D eigenvalue weighted by Gasteiger charge is 2.24. The van der Waals surface area contributed by atoms with Crippen LogP contribution in [0.25, 0.3) is 6.08 Å². The smallest absolute Gasteiger partial charge is 0.264 e. The molecule has 1 saturated heterocycles. The molecular weight excluding hydrogens is 397 g/mol. The van der Waals surface area contributed by atoms with Gasteiger partial charge in [0.05, 0.1) is 11.5 Å². The van der Waals surface area contributed by atoms with Crippen LogP contribution >= 0.6 is 11.8 Å². The molecule has 0 saturated carbocycles. The Labute approximate surface area is 170 Å². The molecule has 1 fully saturated rings. The van der Waals surface area contributed by atoms with Gasteiger partial charge in [-0.1, -0.05) is 18.2 Å². The zero-order chi connectivity index (χ0) is 20.8. The van der Waals surface area contributed by atoms with Crippen molar-refractivity contribution in [3.05, 3.63) is 58.8 Å². The third-order valence-corrected chi connectivity index (χ3v) is 4.57. The maximum Gasteiger partial charge on any atom is 0.264 e. The van der Waals surface area contributed by atoms with Gasteiger partial charge in [0.1, 0.15) is 11.5 Å². The van der Waals surface area contributed by atoms with Crippen molar-refractivity contribution < 1.29 is 23.5 Å². The first-order valence-corrected chi connectivity index (χ1v) is 9.50. The highest BCUT2D eigenvalue weighted by Crippen LogP contribution is 2.32. The zero-order valence-electron chi connectivity index (χ0n) is 15.5. The number of rotatable bonds is 7. The summed E-state index contributed by atoms with van der Waals surface area (Å²) in [6.07, 6.45) is 1.66. The Morgan fingerprint density at radius 2 is 2.03 bits per heavy atom. The molecule has 0 unspecified atom stereocenters. The molecule has 150 valence electrons. The van der Waals surface area contributed by atoms with Crippen molar-refractivity contribution in [2.45, 2.75) is 6.92 Å².